The lowest BCUT2D eigenvalue weighted by molar-refractivity contribution is -0.696. The summed E-state index contributed by atoms with van der Waals surface area (Å²) in [5.41, 5.74) is -25.4. The quantitative estimate of drug-likeness (QED) is 0.0691. The lowest BCUT2D eigenvalue weighted by atomic mass is 9.12. The van der Waals surface area contributed by atoms with Gasteiger partial charge in [0.1, 0.15) is 17.5 Å². The smallest absolute Gasteiger partial charge is 0.287 e. The second-order valence-corrected chi connectivity index (χ2v) is 17.1. The van der Waals surface area contributed by atoms with Crippen molar-refractivity contribution in [2.45, 2.75) is 83.7 Å². The minimum atomic E-state index is -6.13. The number of aromatic nitrogens is 2. The third-order valence-electron chi connectivity index (χ3n) is 12.0. The van der Waals surface area contributed by atoms with E-state index in [1.54, 1.807) is 0 Å². The van der Waals surface area contributed by atoms with Gasteiger partial charge in [0.2, 0.25) is 12.3 Å². The van der Waals surface area contributed by atoms with Crippen molar-refractivity contribution in [1.82, 2.24) is 4.98 Å². The van der Waals surface area contributed by atoms with Crippen molar-refractivity contribution in [2.24, 2.45) is 0 Å². The average Bonchev–Trinajstić information content (AvgIpc) is 3.28. The van der Waals surface area contributed by atoms with Crippen molar-refractivity contribution in [2.75, 3.05) is 0 Å². The maximum atomic E-state index is 14.2. The Balaban J connectivity index is 0.000000468. The zero-order valence-electron chi connectivity index (χ0n) is 38.5. The van der Waals surface area contributed by atoms with Crippen molar-refractivity contribution in [1.29, 1.82) is 0 Å². The van der Waals surface area contributed by atoms with Crippen LogP contribution in [0.1, 0.15) is 77.6 Å². The summed E-state index contributed by atoms with van der Waals surface area (Å²) in [5, 5.41) is 0. The molecule has 6 aromatic rings. The number of rotatable bonds is 7. The van der Waals surface area contributed by atoms with Crippen LogP contribution in [0.5, 0.6) is 0 Å². The molecule has 0 spiro atoms. The van der Waals surface area contributed by atoms with Crippen molar-refractivity contribution >= 4 is 33.8 Å². The van der Waals surface area contributed by atoms with Crippen LogP contribution in [0.2, 0.25) is 0 Å². The number of alkyl halides is 24. The van der Waals surface area contributed by atoms with E-state index < -0.39 is 195 Å². The van der Waals surface area contributed by atoms with Gasteiger partial charge < -0.3 is 0 Å². The molecule has 1 heterocycles. The van der Waals surface area contributed by atoms with E-state index in [2.05, 4.69) is 4.98 Å². The molecule has 3 nitrogen and oxygen atoms in total. The van der Waals surface area contributed by atoms with Crippen molar-refractivity contribution < 1.29 is 115 Å². The summed E-state index contributed by atoms with van der Waals surface area (Å²) in [4.78, 5) is 16.8. The Hall–Kier alpha value is -6.77. The number of ketones is 1. The standard InChI is InChI=1S/C32H12BF24.C16H19N2O/c34-25(35,36)13-1-14(26(37,38)39)6-21(5-13)33(22-7-15(27(40,41)42)2-16(8-22)28(43,44)45,23-9-17(29(46,47)48)3-18(10-23)30(49,50)51)24-11-19(31(52,53)54)4-20(12-24)32(55,56)57;1-11-13(3)18(14(4)12(2)17-11)10-16(19)15-8-6-5-7-9-15/h1-12H;5-9H,10H2,1-4H3/q-1;+1. The Morgan fingerprint density at radius 2 is 0.579 bits per heavy atom. The summed E-state index contributed by atoms with van der Waals surface area (Å²) in [6.45, 7) is 8.34. The fourth-order valence-electron chi connectivity index (χ4n) is 8.22. The predicted molar refractivity (Wildman–Crippen MR) is 224 cm³/mol. The van der Waals surface area contributed by atoms with Crippen LogP contribution in [0, 0.1) is 27.7 Å². The third kappa shape index (κ3) is 13.2. The molecule has 0 saturated heterocycles. The van der Waals surface area contributed by atoms with E-state index in [0.29, 0.717) is 6.54 Å². The minimum absolute atomic E-state index is 0.127. The van der Waals surface area contributed by atoms with Gasteiger partial charge in [0, 0.05) is 19.4 Å². The van der Waals surface area contributed by atoms with Gasteiger partial charge in [-0.25, -0.2) is 4.98 Å². The highest BCUT2D eigenvalue weighted by Gasteiger charge is 2.47. The lowest BCUT2D eigenvalue weighted by Crippen LogP contribution is -2.75. The molecule has 0 saturated carbocycles. The normalized spacial score (nSPS) is 13.4. The molecule has 0 amide bonds. The summed E-state index contributed by atoms with van der Waals surface area (Å²) in [6, 6.07) is 0.598. The van der Waals surface area contributed by atoms with Crippen LogP contribution in [0.15, 0.2) is 103 Å². The number of carbonyl (C=O) groups is 1. The molecule has 1 aromatic heterocycles. The van der Waals surface area contributed by atoms with E-state index >= 15 is 0 Å². The Bertz CT molecular complexity index is 2660. The second kappa shape index (κ2) is 20.3. The molecule has 410 valence electrons. The first-order chi connectivity index (χ1) is 34.3. The highest BCUT2D eigenvalue weighted by atomic mass is 19.4. The van der Waals surface area contributed by atoms with E-state index in [-0.39, 0.29) is 5.78 Å². The second-order valence-electron chi connectivity index (χ2n) is 17.1. The zero-order valence-corrected chi connectivity index (χ0v) is 38.5. The number of Topliss-reactive ketones (excluding diaryl/α,β-unsaturated/α-hetero) is 1. The molecule has 0 atom stereocenters. The van der Waals surface area contributed by atoms with Gasteiger partial charge in [0.25, 0.3) is 0 Å². The Morgan fingerprint density at radius 3 is 0.776 bits per heavy atom. The molecule has 0 unspecified atom stereocenters. The minimum Gasteiger partial charge on any atom is -0.287 e. The largest absolute Gasteiger partial charge is 0.416 e. The number of benzene rings is 5. The van der Waals surface area contributed by atoms with Gasteiger partial charge in [-0.3, -0.25) is 4.79 Å². The van der Waals surface area contributed by atoms with Crippen LogP contribution >= 0.6 is 0 Å². The predicted octanol–water partition coefficient (Wildman–Crippen LogP) is 13.7. The molecule has 5 aromatic carbocycles. The van der Waals surface area contributed by atoms with Gasteiger partial charge in [0.15, 0.2) is 11.4 Å². The van der Waals surface area contributed by atoms with Gasteiger partial charge in [0.05, 0.1) is 44.5 Å². The molecule has 0 aliphatic carbocycles. The molecule has 0 aliphatic rings. The lowest BCUT2D eigenvalue weighted by Gasteiger charge is -2.46. The summed E-state index contributed by atoms with van der Waals surface area (Å²) >= 11 is 0. The number of halogens is 24. The maximum absolute atomic E-state index is 14.2. The maximum Gasteiger partial charge on any atom is 0.416 e. The first kappa shape index (κ1) is 60.1. The van der Waals surface area contributed by atoms with E-state index in [9.17, 15) is 110 Å². The molecule has 0 aliphatic heterocycles. The zero-order chi connectivity index (χ0) is 57.9. The van der Waals surface area contributed by atoms with E-state index in [1.165, 1.54) is 0 Å². The molecule has 0 bridgehead atoms. The molecule has 6 rings (SSSR count). The molecule has 28 heteroatoms. The molecular weight excluding hydrogens is 1090 g/mol. The summed E-state index contributed by atoms with van der Waals surface area (Å²) in [7, 11) is 0. The SMILES string of the molecule is Cc1nc(C)c(C)[n+](CC(=O)c2ccccc2)c1C.FC(F)(F)c1cc([B-](c2cc(C(F)(F)F)cc(C(F)(F)F)c2)(c2cc(C(F)(F)F)cc(C(F)(F)F)c2)c2cc(C(F)(F)F)cc(C(F)(F)F)c2)cc(C(F)(F)F)c1. The van der Waals surface area contributed by atoms with Crippen LogP contribution in [0.3, 0.4) is 0 Å². The summed E-state index contributed by atoms with van der Waals surface area (Å²) in [5.74, 6) is 0.127. The van der Waals surface area contributed by atoms with E-state index in [4.69, 9.17) is 0 Å². The van der Waals surface area contributed by atoms with Gasteiger partial charge in [-0.05, 0) is 38.1 Å². The Morgan fingerprint density at radius 1 is 0.368 bits per heavy atom. The Kier molecular flexibility index (Phi) is 16.1. The Labute approximate surface area is 412 Å². The van der Waals surface area contributed by atoms with Crippen molar-refractivity contribution in [3.8, 4) is 0 Å². The molecule has 0 radical (unpaired) electrons. The van der Waals surface area contributed by atoms with E-state index in [0.717, 1.165) is 28.3 Å². The van der Waals surface area contributed by atoms with Crippen molar-refractivity contribution in [3.05, 3.63) is 176 Å². The van der Waals surface area contributed by atoms with Gasteiger partial charge in [-0.15, -0.1) is 0 Å². The summed E-state index contributed by atoms with van der Waals surface area (Å²) in [6.07, 6.45) is -54.8. The first-order valence-corrected chi connectivity index (χ1v) is 21.0. The average molecular weight is 1120 g/mol. The summed E-state index contributed by atoms with van der Waals surface area (Å²) < 4.78 is 343. The molecule has 0 fully saturated rings. The van der Waals surface area contributed by atoms with E-state index in [1.807, 2.05) is 62.6 Å². The number of nitrogens with zero attached hydrogens (tertiary/aromatic N) is 2. The molecule has 76 heavy (non-hydrogen) atoms. The number of hydrogen-bond donors (Lipinski definition) is 0. The van der Waals surface area contributed by atoms with Crippen LogP contribution in [-0.4, -0.2) is 16.9 Å². The number of hydrogen-bond acceptors (Lipinski definition) is 2. The topological polar surface area (TPSA) is 33.8 Å². The monoisotopic (exact) mass is 1120 g/mol. The van der Waals surface area contributed by atoms with Gasteiger partial charge >= 0.3 is 49.4 Å². The number of carbonyl (C=O) groups excluding carboxylic acids is 1. The van der Waals surface area contributed by atoms with Crippen LogP contribution in [0.4, 0.5) is 105 Å². The van der Waals surface area contributed by atoms with Crippen LogP contribution < -0.4 is 26.4 Å². The van der Waals surface area contributed by atoms with Crippen molar-refractivity contribution in [3.63, 3.8) is 0 Å². The third-order valence-corrected chi connectivity index (χ3v) is 12.0. The van der Waals surface area contributed by atoms with Crippen LogP contribution in [0.25, 0.3) is 0 Å². The fraction of sp³-hybridized carbons (Fsp3) is 0.271. The fourth-order valence-corrected chi connectivity index (χ4v) is 8.22. The molecule has 0 N–H and O–H groups in total. The molecular formula is C48H31BF24N2O. The first-order valence-electron chi connectivity index (χ1n) is 21.0. The highest BCUT2D eigenvalue weighted by Crippen LogP contribution is 2.41. The van der Waals surface area contributed by atoms with Crippen LogP contribution in [-0.2, 0) is 56.0 Å². The van der Waals surface area contributed by atoms with Gasteiger partial charge in [-0.2, -0.15) is 132 Å². The number of aryl methyl sites for hydroxylation is 2. The van der Waals surface area contributed by atoms with Gasteiger partial charge in [-0.1, -0.05) is 78.9 Å². The highest BCUT2D eigenvalue weighted by molar-refractivity contribution is 7.20.